The quantitative estimate of drug-likeness (QED) is 0.439. The van der Waals surface area contributed by atoms with E-state index in [1.165, 1.54) is 12.8 Å². The van der Waals surface area contributed by atoms with Crippen molar-refractivity contribution in [3.05, 3.63) is 82.2 Å². The van der Waals surface area contributed by atoms with E-state index in [1.54, 1.807) is 6.07 Å². The van der Waals surface area contributed by atoms with Gasteiger partial charge in [0, 0.05) is 47.7 Å². The number of carbonyl (C=O) groups excluding carboxylic acids is 1. The van der Waals surface area contributed by atoms with E-state index in [0.717, 1.165) is 64.5 Å². The van der Waals surface area contributed by atoms with E-state index in [9.17, 15) is 9.90 Å². The third kappa shape index (κ3) is 4.10. The summed E-state index contributed by atoms with van der Waals surface area (Å²) >= 11 is 0. The van der Waals surface area contributed by atoms with Gasteiger partial charge in [0.1, 0.15) is 5.75 Å². The SMILES string of the molecule is Cc1[nH]c(C(=C2CNc3ccccc32)c2ccccc2O)c(C)c1C(=O)NCCN1CCCC1. The zero-order valence-corrected chi connectivity index (χ0v) is 19.9. The first kappa shape index (κ1) is 22.3. The zero-order chi connectivity index (χ0) is 23.7. The number of carbonyl (C=O) groups is 1. The minimum absolute atomic E-state index is 0.0525. The molecule has 2 aromatic carbocycles. The number of aromatic amines is 1. The van der Waals surface area contributed by atoms with Gasteiger partial charge in [-0.25, -0.2) is 0 Å². The summed E-state index contributed by atoms with van der Waals surface area (Å²) < 4.78 is 0. The molecule has 0 aliphatic carbocycles. The maximum Gasteiger partial charge on any atom is 0.253 e. The highest BCUT2D eigenvalue weighted by Crippen LogP contribution is 2.42. The summed E-state index contributed by atoms with van der Waals surface area (Å²) in [6, 6.07) is 15.6. The van der Waals surface area contributed by atoms with Gasteiger partial charge in [0.25, 0.3) is 5.91 Å². The van der Waals surface area contributed by atoms with Crippen LogP contribution in [0.25, 0.3) is 11.1 Å². The van der Waals surface area contributed by atoms with Crippen LogP contribution in [-0.2, 0) is 0 Å². The molecule has 5 rings (SSSR count). The van der Waals surface area contributed by atoms with E-state index in [4.69, 9.17) is 0 Å². The van der Waals surface area contributed by atoms with Gasteiger partial charge in [0.05, 0.1) is 11.3 Å². The highest BCUT2D eigenvalue weighted by atomic mass is 16.3. The summed E-state index contributed by atoms with van der Waals surface area (Å²) in [5.74, 6) is 0.168. The molecular weight excluding hydrogens is 424 g/mol. The van der Waals surface area contributed by atoms with Crippen LogP contribution in [0.2, 0.25) is 0 Å². The minimum Gasteiger partial charge on any atom is -0.507 e. The largest absolute Gasteiger partial charge is 0.507 e. The van der Waals surface area contributed by atoms with Gasteiger partial charge in [-0.2, -0.15) is 0 Å². The molecule has 0 unspecified atom stereocenters. The average molecular weight is 457 g/mol. The number of amides is 1. The molecule has 176 valence electrons. The Morgan fingerprint density at radius 2 is 1.79 bits per heavy atom. The predicted molar refractivity (Wildman–Crippen MR) is 137 cm³/mol. The monoisotopic (exact) mass is 456 g/mol. The van der Waals surface area contributed by atoms with Crippen LogP contribution in [0.15, 0.2) is 48.5 Å². The number of benzene rings is 2. The highest BCUT2D eigenvalue weighted by molar-refractivity contribution is 6.07. The summed E-state index contributed by atoms with van der Waals surface area (Å²) in [5.41, 5.74) is 8.25. The lowest BCUT2D eigenvalue weighted by Crippen LogP contribution is -2.33. The predicted octanol–water partition coefficient (Wildman–Crippen LogP) is 4.55. The molecule has 34 heavy (non-hydrogen) atoms. The summed E-state index contributed by atoms with van der Waals surface area (Å²) in [6.45, 7) is 8.35. The van der Waals surface area contributed by atoms with E-state index in [-0.39, 0.29) is 11.7 Å². The molecule has 3 heterocycles. The number of nitrogens with zero attached hydrogens (tertiary/aromatic N) is 1. The molecule has 0 atom stereocenters. The Morgan fingerprint density at radius 1 is 1.06 bits per heavy atom. The molecule has 0 radical (unpaired) electrons. The van der Waals surface area contributed by atoms with Gasteiger partial charge in [0.15, 0.2) is 0 Å². The average Bonchev–Trinajstić information content (AvgIpc) is 3.56. The van der Waals surface area contributed by atoms with Crippen molar-refractivity contribution in [2.45, 2.75) is 26.7 Å². The molecule has 1 aromatic heterocycles. The van der Waals surface area contributed by atoms with Crippen molar-refractivity contribution >= 4 is 22.7 Å². The lowest BCUT2D eigenvalue weighted by atomic mass is 9.91. The van der Waals surface area contributed by atoms with Crippen molar-refractivity contribution in [1.29, 1.82) is 0 Å². The lowest BCUT2D eigenvalue weighted by molar-refractivity contribution is 0.0948. The zero-order valence-electron chi connectivity index (χ0n) is 19.9. The second-order valence-electron chi connectivity index (χ2n) is 9.20. The van der Waals surface area contributed by atoms with Crippen molar-refractivity contribution in [2.24, 2.45) is 0 Å². The molecule has 6 nitrogen and oxygen atoms in total. The summed E-state index contributed by atoms with van der Waals surface area (Å²) in [4.78, 5) is 19.1. The number of hydrogen-bond donors (Lipinski definition) is 4. The van der Waals surface area contributed by atoms with Gasteiger partial charge in [-0.3, -0.25) is 4.79 Å². The van der Waals surface area contributed by atoms with Crippen molar-refractivity contribution in [1.82, 2.24) is 15.2 Å². The van der Waals surface area contributed by atoms with E-state index in [2.05, 4.69) is 32.7 Å². The Kier molecular flexibility index (Phi) is 6.16. The number of aromatic hydroxyl groups is 1. The number of likely N-dealkylation sites (tertiary alicyclic amines) is 1. The van der Waals surface area contributed by atoms with E-state index < -0.39 is 0 Å². The Bertz CT molecular complexity index is 1250. The van der Waals surface area contributed by atoms with Gasteiger partial charge >= 0.3 is 0 Å². The van der Waals surface area contributed by atoms with Crippen LogP contribution >= 0.6 is 0 Å². The molecule has 4 N–H and O–H groups in total. The highest BCUT2D eigenvalue weighted by Gasteiger charge is 2.27. The summed E-state index contributed by atoms with van der Waals surface area (Å²) in [5, 5.41) is 17.4. The lowest BCUT2D eigenvalue weighted by Gasteiger charge is -2.15. The molecule has 2 aliphatic rings. The Labute approximate surface area is 200 Å². The summed E-state index contributed by atoms with van der Waals surface area (Å²) in [6.07, 6.45) is 2.49. The van der Waals surface area contributed by atoms with Crippen LogP contribution in [0, 0.1) is 13.8 Å². The molecule has 1 fully saturated rings. The van der Waals surface area contributed by atoms with E-state index in [0.29, 0.717) is 18.7 Å². The molecule has 0 spiro atoms. The number of phenols is 1. The van der Waals surface area contributed by atoms with Gasteiger partial charge in [-0.15, -0.1) is 0 Å². The third-order valence-electron chi connectivity index (χ3n) is 7.01. The molecule has 0 saturated carbocycles. The van der Waals surface area contributed by atoms with Crippen molar-refractivity contribution in [3.63, 3.8) is 0 Å². The first-order valence-corrected chi connectivity index (χ1v) is 12.1. The minimum atomic E-state index is -0.0525. The number of aryl methyl sites for hydroxylation is 1. The number of aromatic nitrogens is 1. The van der Waals surface area contributed by atoms with Crippen LogP contribution in [0.3, 0.4) is 0 Å². The number of phenolic OH excluding ortho intramolecular Hbond substituents is 1. The molecule has 1 amide bonds. The van der Waals surface area contributed by atoms with Gasteiger partial charge in [0.2, 0.25) is 0 Å². The summed E-state index contributed by atoms with van der Waals surface area (Å²) in [7, 11) is 0. The van der Waals surface area contributed by atoms with Crippen LogP contribution in [0.5, 0.6) is 5.75 Å². The molecule has 6 heteroatoms. The molecule has 2 aliphatic heterocycles. The number of fused-ring (bicyclic) bond motifs is 1. The number of anilines is 1. The fraction of sp³-hybridized carbons (Fsp3) is 0.321. The Hall–Kier alpha value is -3.51. The number of hydrogen-bond acceptors (Lipinski definition) is 4. The van der Waals surface area contributed by atoms with Crippen molar-refractivity contribution in [3.8, 4) is 5.75 Å². The van der Waals surface area contributed by atoms with Crippen molar-refractivity contribution in [2.75, 3.05) is 38.0 Å². The van der Waals surface area contributed by atoms with Crippen LogP contribution in [0.1, 0.15) is 51.3 Å². The normalized spacial score (nSPS) is 16.9. The van der Waals surface area contributed by atoms with Gasteiger partial charge in [-0.1, -0.05) is 36.4 Å². The number of para-hydroxylation sites is 2. The Morgan fingerprint density at radius 3 is 2.59 bits per heavy atom. The maximum atomic E-state index is 13.2. The molecule has 3 aromatic rings. The first-order valence-electron chi connectivity index (χ1n) is 12.1. The van der Waals surface area contributed by atoms with Crippen LogP contribution in [-0.4, -0.2) is 53.6 Å². The number of H-pyrrole nitrogens is 1. The second kappa shape index (κ2) is 9.39. The van der Waals surface area contributed by atoms with Gasteiger partial charge in [-0.05, 0) is 63.0 Å². The fourth-order valence-corrected chi connectivity index (χ4v) is 5.30. The molecule has 1 saturated heterocycles. The second-order valence-corrected chi connectivity index (χ2v) is 9.20. The third-order valence-corrected chi connectivity index (χ3v) is 7.01. The first-order chi connectivity index (χ1) is 16.5. The fourth-order valence-electron chi connectivity index (χ4n) is 5.30. The van der Waals surface area contributed by atoms with E-state index in [1.807, 2.05) is 44.2 Å². The number of nitrogens with one attached hydrogen (secondary N) is 3. The van der Waals surface area contributed by atoms with Crippen LogP contribution in [0.4, 0.5) is 5.69 Å². The van der Waals surface area contributed by atoms with Crippen LogP contribution < -0.4 is 10.6 Å². The number of rotatable bonds is 6. The molecular formula is C28H32N4O2. The standard InChI is InChI=1S/C28H32N4O2/c1-18-25(28(34)29-13-16-32-14-7-8-15-32)19(2)31-27(18)26(21-10-4-6-12-24(21)33)22-17-30-23-11-5-3-9-20(22)23/h3-6,9-12,30-31,33H,7-8,13-17H2,1-2H3,(H,29,34). The smallest absolute Gasteiger partial charge is 0.253 e. The topological polar surface area (TPSA) is 80.4 Å². The Balaban J connectivity index is 1.54. The maximum absolute atomic E-state index is 13.2. The van der Waals surface area contributed by atoms with E-state index >= 15 is 0 Å². The van der Waals surface area contributed by atoms with Gasteiger partial charge < -0.3 is 25.6 Å². The van der Waals surface area contributed by atoms with Crippen molar-refractivity contribution < 1.29 is 9.90 Å². The molecule has 0 bridgehead atoms.